The Balaban J connectivity index is 0.00000200. The summed E-state index contributed by atoms with van der Waals surface area (Å²) in [4.78, 5) is 0.122. The fraction of sp³-hybridized carbons (Fsp3) is 0.500. The van der Waals surface area contributed by atoms with Crippen LogP contribution in [0.5, 0.6) is 5.75 Å². The number of piperazine rings is 1. The molecule has 0 aliphatic carbocycles. The molecule has 114 valence electrons. The van der Waals surface area contributed by atoms with Crippen LogP contribution in [0.1, 0.15) is 6.92 Å². The Hall–Kier alpha value is -0.530. The number of halogens is 2. The van der Waals surface area contributed by atoms with Gasteiger partial charge in [0.05, 0.1) is 7.11 Å². The minimum Gasteiger partial charge on any atom is -0.495 e. The highest BCUT2D eigenvalue weighted by atomic mass is 35.5. The van der Waals surface area contributed by atoms with Gasteiger partial charge in [0.1, 0.15) is 10.6 Å². The smallest absolute Gasteiger partial charge is 0.246 e. The molecular weight excluding hydrogens is 323 g/mol. The zero-order chi connectivity index (χ0) is 14.0. The molecule has 1 N–H and O–H groups in total. The van der Waals surface area contributed by atoms with E-state index in [-0.39, 0.29) is 23.3 Å². The Kier molecular flexibility index (Phi) is 6.09. The lowest BCUT2D eigenvalue weighted by Gasteiger charge is -2.31. The standard InChI is InChI=1S/C12H17ClN2O3S.ClH/c1-9-8-15(6-5-14-9)19(16,17)12-7-10(13)3-4-11(12)18-2;/h3-4,7,9,14H,5-6,8H2,1-2H3;1H. The molecule has 1 heterocycles. The first-order valence-corrected chi connectivity index (χ1v) is 7.84. The molecule has 0 saturated carbocycles. The highest BCUT2D eigenvalue weighted by Crippen LogP contribution is 2.29. The number of nitrogens with zero attached hydrogens (tertiary/aromatic N) is 1. The predicted octanol–water partition coefficient (Wildman–Crippen LogP) is 1.75. The van der Waals surface area contributed by atoms with Crippen molar-refractivity contribution < 1.29 is 13.2 Å². The number of sulfonamides is 1. The van der Waals surface area contributed by atoms with Gasteiger partial charge in [-0.15, -0.1) is 12.4 Å². The van der Waals surface area contributed by atoms with Gasteiger partial charge in [-0.05, 0) is 25.1 Å². The molecule has 1 unspecified atom stereocenters. The van der Waals surface area contributed by atoms with E-state index in [1.54, 1.807) is 12.1 Å². The molecule has 0 bridgehead atoms. The molecule has 5 nitrogen and oxygen atoms in total. The first kappa shape index (κ1) is 17.5. The summed E-state index contributed by atoms with van der Waals surface area (Å²) in [5.41, 5.74) is 0. The summed E-state index contributed by atoms with van der Waals surface area (Å²) in [6, 6.07) is 4.75. The van der Waals surface area contributed by atoms with Crippen molar-refractivity contribution in [2.24, 2.45) is 0 Å². The third-order valence-electron chi connectivity index (χ3n) is 3.07. The van der Waals surface area contributed by atoms with Gasteiger partial charge in [0.15, 0.2) is 0 Å². The van der Waals surface area contributed by atoms with Crippen LogP contribution in [0, 0.1) is 0 Å². The molecule has 20 heavy (non-hydrogen) atoms. The number of ether oxygens (including phenoxy) is 1. The van der Waals surface area contributed by atoms with E-state index in [2.05, 4.69) is 5.32 Å². The summed E-state index contributed by atoms with van der Waals surface area (Å²) in [6.07, 6.45) is 0. The molecule has 0 radical (unpaired) electrons. The summed E-state index contributed by atoms with van der Waals surface area (Å²) in [7, 11) is -2.13. The second-order valence-corrected chi connectivity index (χ2v) is 6.86. The molecule has 1 fully saturated rings. The molecule has 0 aromatic heterocycles. The fourth-order valence-electron chi connectivity index (χ4n) is 2.11. The normalized spacial score (nSPS) is 20.2. The van der Waals surface area contributed by atoms with Crippen LogP contribution in [-0.4, -0.2) is 45.5 Å². The van der Waals surface area contributed by atoms with E-state index >= 15 is 0 Å². The van der Waals surface area contributed by atoms with Gasteiger partial charge in [-0.3, -0.25) is 0 Å². The third-order valence-corrected chi connectivity index (χ3v) is 5.20. The predicted molar refractivity (Wildman–Crippen MR) is 81.5 cm³/mol. The van der Waals surface area contributed by atoms with Gasteiger partial charge in [0.25, 0.3) is 0 Å². The average Bonchev–Trinajstić information content (AvgIpc) is 2.38. The van der Waals surface area contributed by atoms with Crippen LogP contribution in [0.4, 0.5) is 0 Å². The fourth-order valence-corrected chi connectivity index (χ4v) is 4.05. The molecule has 1 aromatic carbocycles. The number of hydrogen-bond acceptors (Lipinski definition) is 4. The number of methoxy groups -OCH3 is 1. The van der Waals surface area contributed by atoms with Crippen molar-refractivity contribution in [2.45, 2.75) is 17.9 Å². The number of hydrogen-bond donors (Lipinski definition) is 1. The first-order valence-electron chi connectivity index (χ1n) is 6.02. The molecule has 8 heteroatoms. The van der Waals surface area contributed by atoms with Gasteiger partial charge in [-0.2, -0.15) is 4.31 Å². The Labute approximate surface area is 130 Å². The molecule has 2 rings (SSSR count). The van der Waals surface area contributed by atoms with Crippen LogP contribution < -0.4 is 10.1 Å². The summed E-state index contributed by atoms with van der Waals surface area (Å²) in [6.45, 7) is 3.49. The molecule has 0 amide bonds. The minimum atomic E-state index is -3.58. The second-order valence-electron chi connectivity index (χ2n) is 4.51. The summed E-state index contributed by atoms with van der Waals surface area (Å²) < 4.78 is 31.8. The molecule has 1 aliphatic rings. The SMILES string of the molecule is COc1ccc(Cl)cc1S(=O)(=O)N1CCNC(C)C1.Cl. The maximum Gasteiger partial charge on any atom is 0.246 e. The van der Waals surface area contributed by atoms with Gasteiger partial charge >= 0.3 is 0 Å². The van der Waals surface area contributed by atoms with Crippen LogP contribution in [0.15, 0.2) is 23.1 Å². The highest BCUT2D eigenvalue weighted by Gasteiger charge is 2.30. The average molecular weight is 341 g/mol. The number of rotatable bonds is 3. The topological polar surface area (TPSA) is 58.6 Å². The van der Waals surface area contributed by atoms with E-state index in [1.807, 2.05) is 6.92 Å². The molecular formula is C12H18Cl2N2O3S. The van der Waals surface area contributed by atoms with Crippen LogP contribution >= 0.6 is 24.0 Å². The Morgan fingerprint density at radius 1 is 1.45 bits per heavy atom. The minimum absolute atomic E-state index is 0. The zero-order valence-electron chi connectivity index (χ0n) is 11.3. The van der Waals surface area contributed by atoms with Crippen LogP contribution in [0.2, 0.25) is 5.02 Å². The number of nitrogens with one attached hydrogen (secondary N) is 1. The Bertz CT molecular complexity index is 566. The van der Waals surface area contributed by atoms with Gasteiger partial charge < -0.3 is 10.1 Å². The van der Waals surface area contributed by atoms with Crippen LogP contribution in [0.25, 0.3) is 0 Å². The largest absolute Gasteiger partial charge is 0.495 e. The van der Waals surface area contributed by atoms with Gasteiger partial charge in [0.2, 0.25) is 10.0 Å². The van der Waals surface area contributed by atoms with E-state index in [0.29, 0.717) is 30.4 Å². The van der Waals surface area contributed by atoms with Gasteiger partial charge in [0, 0.05) is 30.7 Å². The summed E-state index contributed by atoms with van der Waals surface area (Å²) in [5, 5.41) is 3.59. The van der Waals surface area contributed by atoms with Crippen molar-refractivity contribution in [2.75, 3.05) is 26.7 Å². The van der Waals surface area contributed by atoms with Crippen LogP contribution in [0.3, 0.4) is 0 Å². The Morgan fingerprint density at radius 2 is 2.15 bits per heavy atom. The quantitative estimate of drug-likeness (QED) is 0.910. The van der Waals surface area contributed by atoms with E-state index in [0.717, 1.165) is 0 Å². The van der Waals surface area contributed by atoms with Gasteiger partial charge in [-0.25, -0.2) is 8.42 Å². The van der Waals surface area contributed by atoms with Crippen molar-refractivity contribution >= 4 is 34.0 Å². The van der Waals surface area contributed by atoms with Crippen molar-refractivity contribution in [1.29, 1.82) is 0 Å². The van der Waals surface area contributed by atoms with Crippen molar-refractivity contribution in [3.63, 3.8) is 0 Å². The maximum absolute atomic E-state index is 12.6. The lowest BCUT2D eigenvalue weighted by atomic mass is 10.3. The maximum atomic E-state index is 12.6. The van der Waals surface area contributed by atoms with Gasteiger partial charge in [-0.1, -0.05) is 11.6 Å². The summed E-state index contributed by atoms with van der Waals surface area (Å²) in [5.74, 6) is 0.315. The number of benzene rings is 1. The van der Waals surface area contributed by atoms with E-state index in [9.17, 15) is 8.42 Å². The molecule has 0 spiro atoms. The lowest BCUT2D eigenvalue weighted by Crippen LogP contribution is -2.51. The van der Waals surface area contributed by atoms with Crippen molar-refractivity contribution in [1.82, 2.24) is 9.62 Å². The molecule has 1 saturated heterocycles. The third kappa shape index (κ3) is 3.56. The van der Waals surface area contributed by atoms with Crippen molar-refractivity contribution in [3.8, 4) is 5.75 Å². The first-order chi connectivity index (χ1) is 8.95. The zero-order valence-corrected chi connectivity index (χ0v) is 13.7. The van der Waals surface area contributed by atoms with E-state index in [1.165, 1.54) is 17.5 Å². The highest BCUT2D eigenvalue weighted by molar-refractivity contribution is 7.89. The van der Waals surface area contributed by atoms with Crippen molar-refractivity contribution in [3.05, 3.63) is 23.2 Å². The lowest BCUT2D eigenvalue weighted by molar-refractivity contribution is 0.308. The van der Waals surface area contributed by atoms with E-state index < -0.39 is 10.0 Å². The molecule has 1 atom stereocenters. The molecule has 1 aliphatic heterocycles. The molecule has 1 aromatic rings. The Morgan fingerprint density at radius 3 is 2.75 bits per heavy atom. The van der Waals surface area contributed by atoms with Crippen LogP contribution in [-0.2, 0) is 10.0 Å². The second kappa shape index (κ2) is 6.95. The summed E-state index contributed by atoms with van der Waals surface area (Å²) >= 11 is 5.90. The van der Waals surface area contributed by atoms with E-state index in [4.69, 9.17) is 16.3 Å². The monoisotopic (exact) mass is 340 g/mol.